The fraction of sp³-hybridized carbons (Fsp3) is 1.00. The maximum Gasteiger partial charge on any atom is 0.0897 e. The highest BCUT2D eigenvalue weighted by Crippen LogP contribution is 2.26. The van der Waals surface area contributed by atoms with Crippen LogP contribution in [0.2, 0.25) is 0 Å². The summed E-state index contributed by atoms with van der Waals surface area (Å²) in [5.74, 6) is 0.651. The van der Waals surface area contributed by atoms with E-state index in [2.05, 4.69) is 26.1 Å². The van der Waals surface area contributed by atoms with Gasteiger partial charge in [-0.25, -0.2) is 0 Å². The molecule has 4 atom stereocenters. The molecule has 102 valence electrons. The number of aliphatic hydroxyl groups is 1. The van der Waals surface area contributed by atoms with Crippen LogP contribution in [0.3, 0.4) is 0 Å². The van der Waals surface area contributed by atoms with E-state index in [4.69, 9.17) is 4.74 Å². The van der Waals surface area contributed by atoms with Gasteiger partial charge in [-0.3, -0.25) is 0 Å². The van der Waals surface area contributed by atoms with Crippen LogP contribution in [-0.2, 0) is 4.74 Å². The summed E-state index contributed by atoms with van der Waals surface area (Å²) in [7, 11) is 0. The summed E-state index contributed by atoms with van der Waals surface area (Å²) in [6.07, 6.45) is 6.11. The quantitative estimate of drug-likeness (QED) is 0.721. The van der Waals surface area contributed by atoms with Crippen LogP contribution in [-0.4, -0.2) is 36.5 Å². The normalized spacial score (nSPS) is 28.9. The van der Waals surface area contributed by atoms with E-state index >= 15 is 0 Å². The fourth-order valence-corrected chi connectivity index (χ4v) is 2.31. The van der Waals surface area contributed by atoms with Crippen molar-refractivity contribution in [3.8, 4) is 0 Å². The van der Waals surface area contributed by atoms with Crippen LogP contribution in [0.25, 0.3) is 0 Å². The van der Waals surface area contributed by atoms with Gasteiger partial charge in [0.2, 0.25) is 0 Å². The molecule has 0 aromatic rings. The molecule has 17 heavy (non-hydrogen) atoms. The molecule has 0 aromatic carbocycles. The number of nitrogens with one attached hydrogen (secondary N) is 1. The number of ether oxygens (including phenoxy) is 1. The Morgan fingerprint density at radius 3 is 2.71 bits per heavy atom. The second kappa shape index (κ2) is 8.06. The zero-order valence-electron chi connectivity index (χ0n) is 11.6. The highest BCUT2D eigenvalue weighted by atomic mass is 16.5. The van der Waals surface area contributed by atoms with Crippen molar-refractivity contribution in [3.63, 3.8) is 0 Å². The third-order valence-electron chi connectivity index (χ3n) is 3.85. The molecular formula is C14H29NO2. The fourth-order valence-electron chi connectivity index (χ4n) is 2.31. The minimum Gasteiger partial charge on any atom is -0.389 e. The molecule has 0 saturated heterocycles. The van der Waals surface area contributed by atoms with Crippen molar-refractivity contribution >= 4 is 0 Å². The summed E-state index contributed by atoms with van der Waals surface area (Å²) in [5, 5.41) is 13.1. The predicted molar refractivity (Wildman–Crippen MR) is 71.1 cm³/mol. The molecule has 1 rings (SSSR count). The van der Waals surface area contributed by atoms with Gasteiger partial charge in [0.25, 0.3) is 0 Å². The van der Waals surface area contributed by atoms with Gasteiger partial charge in [-0.15, -0.1) is 0 Å². The third kappa shape index (κ3) is 5.84. The molecule has 2 N–H and O–H groups in total. The Hall–Kier alpha value is -0.120. The maximum atomic E-state index is 9.82. The lowest BCUT2D eigenvalue weighted by molar-refractivity contribution is -0.0455. The van der Waals surface area contributed by atoms with E-state index in [-0.39, 0.29) is 6.10 Å². The molecule has 1 fully saturated rings. The first kappa shape index (κ1) is 14.9. The summed E-state index contributed by atoms with van der Waals surface area (Å²) in [6.45, 7) is 7.64. The summed E-state index contributed by atoms with van der Waals surface area (Å²) >= 11 is 0. The molecule has 3 heteroatoms. The topological polar surface area (TPSA) is 41.5 Å². The van der Waals surface area contributed by atoms with Gasteiger partial charge >= 0.3 is 0 Å². The van der Waals surface area contributed by atoms with Crippen molar-refractivity contribution in [2.75, 3.05) is 13.2 Å². The first-order chi connectivity index (χ1) is 8.13. The SMILES string of the molecule is CCC(C)NCC(O)COC1CCCCC1C. The van der Waals surface area contributed by atoms with Crippen LogP contribution < -0.4 is 5.32 Å². The Balaban J connectivity index is 2.11. The molecule has 1 aliphatic carbocycles. The molecule has 4 unspecified atom stereocenters. The van der Waals surface area contributed by atoms with Crippen molar-refractivity contribution < 1.29 is 9.84 Å². The van der Waals surface area contributed by atoms with Crippen molar-refractivity contribution in [1.29, 1.82) is 0 Å². The number of hydrogen-bond acceptors (Lipinski definition) is 3. The molecule has 0 radical (unpaired) electrons. The second-order valence-electron chi connectivity index (χ2n) is 5.50. The van der Waals surface area contributed by atoms with Crippen LogP contribution in [0.15, 0.2) is 0 Å². The standard InChI is InChI=1S/C14H29NO2/c1-4-12(3)15-9-13(16)10-17-14-8-6-5-7-11(14)2/h11-16H,4-10H2,1-3H3. The van der Waals surface area contributed by atoms with Gasteiger partial charge in [0.1, 0.15) is 0 Å². The van der Waals surface area contributed by atoms with Gasteiger partial charge in [0.15, 0.2) is 0 Å². The van der Waals surface area contributed by atoms with Crippen LogP contribution in [0.5, 0.6) is 0 Å². The lowest BCUT2D eigenvalue weighted by Crippen LogP contribution is -2.37. The molecule has 0 bridgehead atoms. The van der Waals surface area contributed by atoms with Crippen molar-refractivity contribution in [1.82, 2.24) is 5.32 Å². The zero-order chi connectivity index (χ0) is 12.7. The maximum absolute atomic E-state index is 9.82. The number of rotatable bonds is 7. The first-order valence-corrected chi connectivity index (χ1v) is 7.16. The number of hydrogen-bond donors (Lipinski definition) is 2. The largest absolute Gasteiger partial charge is 0.389 e. The second-order valence-corrected chi connectivity index (χ2v) is 5.50. The van der Waals surface area contributed by atoms with Crippen LogP contribution in [0.4, 0.5) is 0 Å². The average molecular weight is 243 g/mol. The molecule has 0 aromatic heterocycles. The zero-order valence-corrected chi connectivity index (χ0v) is 11.6. The van der Waals surface area contributed by atoms with Gasteiger partial charge in [-0.2, -0.15) is 0 Å². The van der Waals surface area contributed by atoms with Crippen molar-refractivity contribution in [2.45, 2.75) is 71.1 Å². The third-order valence-corrected chi connectivity index (χ3v) is 3.85. The van der Waals surface area contributed by atoms with E-state index in [1.165, 1.54) is 19.3 Å². The van der Waals surface area contributed by atoms with Gasteiger partial charge in [0, 0.05) is 12.6 Å². The average Bonchev–Trinajstić information content (AvgIpc) is 2.35. The smallest absolute Gasteiger partial charge is 0.0897 e. The lowest BCUT2D eigenvalue weighted by Gasteiger charge is -2.29. The van der Waals surface area contributed by atoms with E-state index in [0.717, 1.165) is 12.8 Å². The molecule has 1 aliphatic rings. The van der Waals surface area contributed by atoms with Crippen LogP contribution in [0.1, 0.15) is 52.9 Å². The van der Waals surface area contributed by atoms with E-state index < -0.39 is 0 Å². The molecule has 0 amide bonds. The lowest BCUT2D eigenvalue weighted by atomic mass is 9.88. The Bertz CT molecular complexity index is 199. The highest BCUT2D eigenvalue weighted by molar-refractivity contribution is 4.73. The van der Waals surface area contributed by atoms with E-state index in [1.54, 1.807) is 0 Å². The Labute approximate surface area is 106 Å². The Morgan fingerprint density at radius 2 is 2.06 bits per heavy atom. The minimum absolute atomic E-state index is 0.363. The van der Waals surface area contributed by atoms with E-state index in [1.807, 2.05) is 0 Å². The summed E-state index contributed by atoms with van der Waals surface area (Å²) in [6, 6.07) is 0.471. The van der Waals surface area contributed by atoms with E-state index in [9.17, 15) is 5.11 Å². The monoisotopic (exact) mass is 243 g/mol. The molecular weight excluding hydrogens is 214 g/mol. The highest BCUT2D eigenvalue weighted by Gasteiger charge is 2.22. The summed E-state index contributed by atoms with van der Waals surface area (Å²) in [5.41, 5.74) is 0. The van der Waals surface area contributed by atoms with Crippen LogP contribution >= 0.6 is 0 Å². The molecule has 0 spiro atoms. The molecule has 1 saturated carbocycles. The van der Waals surface area contributed by atoms with Gasteiger partial charge in [-0.1, -0.05) is 26.7 Å². The molecule has 0 aliphatic heterocycles. The van der Waals surface area contributed by atoms with Crippen molar-refractivity contribution in [2.24, 2.45) is 5.92 Å². The van der Waals surface area contributed by atoms with Crippen LogP contribution in [0, 0.1) is 5.92 Å². The molecule has 3 nitrogen and oxygen atoms in total. The van der Waals surface area contributed by atoms with Gasteiger partial charge < -0.3 is 15.2 Å². The molecule has 0 heterocycles. The Morgan fingerprint density at radius 1 is 1.35 bits per heavy atom. The first-order valence-electron chi connectivity index (χ1n) is 7.16. The Kier molecular flexibility index (Phi) is 7.09. The summed E-state index contributed by atoms with van der Waals surface area (Å²) < 4.78 is 5.83. The van der Waals surface area contributed by atoms with E-state index in [0.29, 0.717) is 31.2 Å². The van der Waals surface area contributed by atoms with Gasteiger partial charge in [-0.05, 0) is 32.1 Å². The minimum atomic E-state index is -0.377. The van der Waals surface area contributed by atoms with Crippen molar-refractivity contribution in [3.05, 3.63) is 0 Å². The summed E-state index contributed by atoms with van der Waals surface area (Å²) in [4.78, 5) is 0. The van der Waals surface area contributed by atoms with Gasteiger partial charge in [0.05, 0.1) is 18.8 Å². The number of aliphatic hydroxyl groups excluding tert-OH is 1. The predicted octanol–water partition coefficient (Wildman–Crippen LogP) is 2.33.